The van der Waals surface area contributed by atoms with E-state index in [0.29, 0.717) is 29.8 Å². The first-order valence-electron chi connectivity index (χ1n) is 10.9. The molecule has 1 N–H and O–H groups in total. The molecule has 0 spiro atoms. The fraction of sp³-hybridized carbons (Fsp3) is 0.231. The molecule has 0 bridgehead atoms. The molecular weight excluding hydrogens is 454 g/mol. The highest BCUT2D eigenvalue weighted by atomic mass is 32.2. The quantitative estimate of drug-likeness (QED) is 0.372. The predicted molar refractivity (Wildman–Crippen MR) is 129 cm³/mol. The van der Waals surface area contributed by atoms with Gasteiger partial charge in [-0.25, -0.2) is 4.79 Å². The molecule has 0 saturated carbocycles. The SMILES string of the molecule is CC(=O)c1cccc(-c2ccc(N(C3CCCc4c(OCC(=O)O)cccc43)S(=O)[O-])cc2)c1. The maximum Gasteiger partial charge on any atom is 0.341 e. The van der Waals surface area contributed by atoms with Gasteiger partial charge in [-0.15, -0.1) is 0 Å². The Labute approximate surface area is 200 Å². The van der Waals surface area contributed by atoms with Gasteiger partial charge in [-0.3, -0.25) is 13.3 Å². The number of carbonyl (C=O) groups is 2. The zero-order chi connectivity index (χ0) is 24.2. The summed E-state index contributed by atoms with van der Waals surface area (Å²) in [5, 5.41) is 8.96. The molecule has 0 fully saturated rings. The molecule has 0 heterocycles. The number of fused-ring (bicyclic) bond motifs is 1. The molecule has 4 rings (SSSR count). The lowest BCUT2D eigenvalue weighted by molar-refractivity contribution is -0.139. The van der Waals surface area contributed by atoms with Crippen molar-refractivity contribution in [2.75, 3.05) is 10.9 Å². The molecule has 2 atom stereocenters. The zero-order valence-electron chi connectivity index (χ0n) is 18.6. The lowest BCUT2D eigenvalue weighted by Gasteiger charge is -2.38. The van der Waals surface area contributed by atoms with Crippen molar-refractivity contribution < 1.29 is 28.2 Å². The molecule has 8 heteroatoms. The Balaban J connectivity index is 1.66. The van der Waals surface area contributed by atoms with Crippen LogP contribution in [0.1, 0.15) is 47.3 Å². The topological polar surface area (TPSA) is 107 Å². The number of anilines is 1. The van der Waals surface area contributed by atoms with Crippen LogP contribution in [0, 0.1) is 0 Å². The van der Waals surface area contributed by atoms with Crippen LogP contribution in [0.3, 0.4) is 0 Å². The van der Waals surface area contributed by atoms with E-state index in [-0.39, 0.29) is 5.78 Å². The third-order valence-electron chi connectivity index (χ3n) is 5.95. The number of carbonyl (C=O) groups excluding carboxylic acids is 1. The third kappa shape index (κ3) is 5.03. The number of hydrogen-bond acceptors (Lipinski definition) is 5. The summed E-state index contributed by atoms with van der Waals surface area (Å²) in [4.78, 5) is 22.6. The predicted octanol–water partition coefficient (Wildman–Crippen LogP) is 4.70. The first kappa shape index (κ1) is 23.7. The summed E-state index contributed by atoms with van der Waals surface area (Å²) < 4.78 is 31.5. The molecule has 3 aromatic rings. The number of nitrogens with zero attached hydrogens (tertiary/aromatic N) is 1. The Kier molecular flexibility index (Phi) is 7.09. The first-order chi connectivity index (χ1) is 16.3. The smallest absolute Gasteiger partial charge is 0.341 e. The molecule has 0 aromatic heterocycles. The van der Waals surface area contributed by atoms with E-state index in [9.17, 15) is 18.4 Å². The van der Waals surface area contributed by atoms with Crippen molar-refractivity contribution in [1.29, 1.82) is 0 Å². The highest BCUT2D eigenvalue weighted by Crippen LogP contribution is 2.41. The number of ketones is 1. The van der Waals surface area contributed by atoms with Gasteiger partial charge in [0.15, 0.2) is 12.4 Å². The summed E-state index contributed by atoms with van der Waals surface area (Å²) in [6.45, 7) is 1.06. The minimum absolute atomic E-state index is 0.0194. The molecule has 0 amide bonds. The van der Waals surface area contributed by atoms with Crippen molar-refractivity contribution in [2.45, 2.75) is 32.2 Å². The summed E-state index contributed by atoms with van der Waals surface area (Å²) >= 11 is -2.53. The fourth-order valence-electron chi connectivity index (χ4n) is 4.40. The number of carboxylic acids is 1. The number of benzene rings is 3. The van der Waals surface area contributed by atoms with Gasteiger partial charge < -0.3 is 14.4 Å². The Morgan fingerprint density at radius 3 is 2.50 bits per heavy atom. The molecule has 2 unspecified atom stereocenters. The summed E-state index contributed by atoms with van der Waals surface area (Å²) in [5.41, 5.74) is 4.54. The van der Waals surface area contributed by atoms with Gasteiger partial charge in [0.05, 0.1) is 6.04 Å². The van der Waals surface area contributed by atoms with Crippen LogP contribution in [-0.2, 0) is 22.5 Å². The van der Waals surface area contributed by atoms with Gasteiger partial charge >= 0.3 is 5.97 Å². The average Bonchev–Trinajstić information content (AvgIpc) is 2.83. The zero-order valence-corrected chi connectivity index (χ0v) is 19.4. The van der Waals surface area contributed by atoms with Crippen molar-refractivity contribution in [3.8, 4) is 16.9 Å². The molecule has 1 aliphatic carbocycles. The molecule has 0 aliphatic heterocycles. The number of aliphatic carboxylic acids is 1. The second-order valence-electron chi connectivity index (χ2n) is 8.14. The first-order valence-corrected chi connectivity index (χ1v) is 11.9. The average molecular weight is 479 g/mol. The largest absolute Gasteiger partial charge is 0.755 e. The van der Waals surface area contributed by atoms with Crippen molar-refractivity contribution in [2.24, 2.45) is 0 Å². The number of hydrogen-bond donors (Lipinski definition) is 1. The molecular formula is C26H24NO6S-. The van der Waals surface area contributed by atoms with Crippen LogP contribution in [-0.4, -0.2) is 32.2 Å². The van der Waals surface area contributed by atoms with Gasteiger partial charge in [-0.2, -0.15) is 0 Å². The Hall–Kier alpha value is -3.49. The monoisotopic (exact) mass is 478 g/mol. The molecule has 176 valence electrons. The van der Waals surface area contributed by atoms with E-state index in [2.05, 4.69) is 0 Å². The van der Waals surface area contributed by atoms with Gasteiger partial charge in [-0.1, -0.05) is 42.5 Å². The molecule has 34 heavy (non-hydrogen) atoms. The fourth-order valence-corrected chi connectivity index (χ4v) is 5.12. The summed E-state index contributed by atoms with van der Waals surface area (Å²) in [6, 6.07) is 19.4. The van der Waals surface area contributed by atoms with E-state index < -0.39 is 29.9 Å². The van der Waals surface area contributed by atoms with Crippen LogP contribution in [0.4, 0.5) is 5.69 Å². The molecule has 7 nitrogen and oxygen atoms in total. The molecule has 3 aromatic carbocycles. The third-order valence-corrected chi connectivity index (χ3v) is 6.74. The van der Waals surface area contributed by atoms with E-state index in [1.165, 1.54) is 11.2 Å². The Bertz CT molecular complexity index is 1240. The van der Waals surface area contributed by atoms with E-state index in [1.54, 1.807) is 30.3 Å². The normalized spacial score (nSPS) is 15.8. The van der Waals surface area contributed by atoms with E-state index >= 15 is 0 Å². The summed E-state index contributed by atoms with van der Waals surface area (Å²) in [6.07, 6.45) is 2.06. The van der Waals surface area contributed by atoms with Crippen molar-refractivity contribution in [3.63, 3.8) is 0 Å². The number of ether oxygens (including phenoxy) is 1. The van der Waals surface area contributed by atoms with E-state index in [0.717, 1.165) is 28.7 Å². The second kappa shape index (κ2) is 10.2. The number of rotatable bonds is 8. The highest BCUT2D eigenvalue weighted by molar-refractivity contribution is 7.80. The summed E-state index contributed by atoms with van der Waals surface area (Å²) in [7, 11) is 0. The van der Waals surface area contributed by atoms with E-state index in [1.807, 2.05) is 36.4 Å². The van der Waals surface area contributed by atoms with Gasteiger partial charge in [-0.05, 0) is 72.7 Å². The number of Topliss-reactive ketones (excluding diaryl/α,β-unsaturated/α-hetero) is 1. The van der Waals surface area contributed by atoms with Crippen molar-refractivity contribution >= 4 is 28.7 Å². The summed E-state index contributed by atoms with van der Waals surface area (Å²) in [5.74, 6) is -0.614. The lowest BCUT2D eigenvalue weighted by atomic mass is 9.87. The standard InChI is InChI=1S/C26H25NO6S/c1-17(28)19-5-2-6-20(15-19)18-11-13-21(14-12-18)27(34(31)32)24-9-3-8-23-22(24)7-4-10-25(23)33-16-26(29)30/h2,4-7,10-15,24H,3,8-9,16H2,1H3,(H,29,30)(H,31,32)/p-1. The van der Waals surface area contributed by atoms with Gasteiger partial charge in [0.2, 0.25) is 0 Å². The molecule has 1 aliphatic rings. The maximum absolute atomic E-state index is 12.4. The second-order valence-corrected chi connectivity index (χ2v) is 8.97. The Morgan fingerprint density at radius 1 is 1.09 bits per heavy atom. The van der Waals surface area contributed by atoms with Crippen molar-refractivity contribution in [3.05, 3.63) is 83.4 Å². The van der Waals surface area contributed by atoms with Crippen LogP contribution in [0.25, 0.3) is 11.1 Å². The molecule has 0 saturated heterocycles. The van der Waals surface area contributed by atoms with Crippen LogP contribution in [0.2, 0.25) is 0 Å². The van der Waals surface area contributed by atoms with E-state index in [4.69, 9.17) is 9.84 Å². The molecule has 0 radical (unpaired) electrons. The lowest BCUT2D eigenvalue weighted by Crippen LogP contribution is -2.33. The number of carboxylic acid groups (broad SMARTS) is 1. The Morgan fingerprint density at radius 2 is 1.82 bits per heavy atom. The van der Waals surface area contributed by atoms with Gasteiger partial charge in [0, 0.05) is 22.5 Å². The van der Waals surface area contributed by atoms with Crippen LogP contribution >= 0.6 is 0 Å². The minimum atomic E-state index is -2.53. The minimum Gasteiger partial charge on any atom is -0.755 e. The highest BCUT2D eigenvalue weighted by Gasteiger charge is 2.29. The maximum atomic E-state index is 12.4. The van der Waals surface area contributed by atoms with Crippen LogP contribution in [0.15, 0.2) is 66.7 Å². The van der Waals surface area contributed by atoms with Crippen LogP contribution < -0.4 is 9.04 Å². The van der Waals surface area contributed by atoms with Gasteiger partial charge in [0.1, 0.15) is 5.75 Å². The van der Waals surface area contributed by atoms with Gasteiger partial charge in [0.25, 0.3) is 0 Å². The van der Waals surface area contributed by atoms with Crippen molar-refractivity contribution in [1.82, 2.24) is 0 Å². The van der Waals surface area contributed by atoms with Crippen LogP contribution in [0.5, 0.6) is 5.75 Å².